The summed E-state index contributed by atoms with van der Waals surface area (Å²) >= 11 is 0. The van der Waals surface area contributed by atoms with Gasteiger partial charge in [0.1, 0.15) is 5.75 Å². The first-order chi connectivity index (χ1) is 10.0. The number of hydrogen-bond acceptors (Lipinski definition) is 4. The highest BCUT2D eigenvalue weighted by atomic mass is 16.5. The van der Waals surface area contributed by atoms with Gasteiger partial charge in [-0.05, 0) is 51.4 Å². The van der Waals surface area contributed by atoms with E-state index in [0.717, 1.165) is 32.5 Å². The number of phenolic OH excluding ortho intramolecular Hbond substituents is 1. The van der Waals surface area contributed by atoms with Crippen LogP contribution < -0.4 is 5.32 Å². The van der Waals surface area contributed by atoms with Gasteiger partial charge in [-0.3, -0.25) is 0 Å². The molecule has 0 spiro atoms. The minimum absolute atomic E-state index is 0.278. The van der Waals surface area contributed by atoms with Crippen LogP contribution in [0.15, 0.2) is 24.3 Å². The summed E-state index contributed by atoms with van der Waals surface area (Å²) in [5, 5.41) is 12.9. The number of phenols is 1. The lowest BCUT2D eigenvalue weighted by Crippen LogP contribution is -2.51. The molecule has 118 valence electrons. The van der Waals surface area contributed by atoms with Crippen molar-refractivity contribution in [2.24, 2.45) is 0 Å². The van der Waals surface area contributed by atoms with E-state index in [-0.39, 0.29) is 6.10 Å². The summed E-state index contributed by atoms with van der Waals surface area (Å²) in [5.74, 6) is 0.331. The summed E-state index contributed by atoms with van der Waals surface area (Å²) in [5.41, 5.74) is 1.27. The molecule has 1 aromatic rings. The van der Waals surface area contributed by atoms with Crippen molar-refractivity contribution in [2.75, 3.05) is 26.7 Å². The van der Waals surface area contributed by atoms with Crippen molar-refractivity contribution >= 4 is 0 Å². The van der Waals surface area contributed by atoms with E-state index in [1.165, 1.54) is 5.56 Å². The zero-order chi connectivity index (χ0) is 15.2. The lowest BCUT2D eigenvalue weighted by atomic mass is 10.0. The van der Waals surface area contributed by atoms with Crippen LogP contribution in [0.4, 0.5) is 0 Å². The third-order valence-electron chi connectivity index (χ3n) is 4.20. The average molecular weight is 292 g/mol. The Balaban J connectivity index is 1.73. The number of rotatable bonds is 6. The largest absolute Gasteiger partial charge is 0.508 e. The number of aromatic hydroxyl groups is 1. The maximum atomic E-state index is 9.29. The molecule has 4 heteroatoms. The molecule has 0 radical (unpaired) electrons. The fourth-order valence-electron chi connectivity index (χ4n) is 2.80. The number of morpholine rings is 1. The summed E-state index contributed by atoms with van der Waals surface area (Å²) < 4.78 is 5.86. The van der Waals surface area contributed by atoms with Crippen LogP contribution in [0.25, 0.3) is 0 Å². The van der Waals surface area contributed by atoms with Crippen LogP contribution in [0, 0.1) is 0 Å². The average Bonchev–Trinajstić information content (AvgIpc) is 2.46. The predicted octanol–water partition coefficient (Wildman–Crippen LogP) is 2.02. The SMILES string of the molecule is CC(CCc1ccc(O)cc1)NC(C)C1CN(C)CCO1. The van der Waals surface area contributed by atoms with Crippen LogP contribution in [-0.2, 0) is 11.2 Å². The van der Waals surface area contributed by atoms with Crippen molar-refractivity contribution in [2.45, 2.75) is 44.9 Å². The zero-order valence-electron chi connectivity index (χ0n) is 13.4. The Morgan fingerprint density at radius 2 is 2.05 bits per heavy atom. The molecule has 1 aliphatic rings. The topological polar surface area (TPSA) is 44.7 Å². The van der Waals surface area contributed by atoms with E-state index in [0.29, 0.717) is 17.8 Å². The number of nitrogens with zero attached hydrogens (tertiary/aromatic N) is 1. The Hall–Kier alpha value is -1.10. The van der Waals surface area contributed by atoms with Gasteiger partial charge >= 0.3 is 0 Å². The van der Waals surface area contributed by atoms with Crippen molar-refractivity contribution in [3.05, 3.63) is 29.8 Å². The smallest absolute Gasteiger partial charge is 0.115 e. The molecule has 3 atom stereocenters. The molecule has 2 N–H and O–H groups in total. The van der Waals surface area contributed by atoms with Crippen LogP contribution >= 0.6 is 0 Å². The van der Waals surface area contributed by atoms with E-state index in [1.54, 1.807) is 12.1 Å². The van der Waals surface area contributed by atoms with Crippen molar-refractivity contribution in [1.82, 2.24) is 10.2 Å². The van der Waals surface area contributed by atoms with Crippen molar-refractivity contribution in [1.29, 1.82) is 0 Å². The summed E-state index contributed by atoms with van der Waals surface area (Å²) in [6, 6.07) is 8.30. The van der Waals surface area contributed by atoms with Gasteiger partial charge in [-0.15, -0.1) is 0 Å². The Kier molecular flexibility index (Phi) is 6.03. The number of likely N-dealkylation sites (N-methyl/N-ethyl adjacent to an activating group) is 1. The molecule has 3 unspecified atom stereocenters. The number of aryl methyl sites for hydroxylation is 1. The van der Waals surface area contributed by atoms with Gasteiger partial charge in [0.25, 0.3) is 0 Å². The molecule has 21 heavy (non-hydrogen) atoms. The molecule has 0 bridgehead atoms. The third kappa shape index (κ3) is 5.30. The van der Waals surface area contributed by atoms with Gasteiger partial charge in [0, 0.05) is 25.2 Å². The van der Waals surface area contributed by atoms with E-state index in [9.17, 15) is 5.11 Å². The minimum Gasteiger partial charge on any atom is -0.508 e. The lowest BCUT2D eigenvalue weighted by Gasteiger charge is -2.35. The second-order valence-corrected chi connectivity index (χ2v) is 6.23. The second-order valence-electron chi connectivity index (χ2n) is 6.23. The lowest BCUT2D eigenvalue weighted by molar-refractivity contribution is -0.0369. The predicted molar refractivity (Wildman–Crippen MR) is 85.7 cm³/mol. The van der Waals surface area contributed by atoms with Crippen molar-refractivity contribution in [3.63, 3.8) is 0 Å². The molecule has 1 aromatic carbocycles. The molecule has 0 amide bonds. The van der Waals surface area contributed by atoms with Gasteiger partial charge in [-0.25, -0.2) is 0 Å². The first-order valence-electron chi connectivity index (χ1n) is 7.88. The van der Waals surface area contributed by atoms with E-state index in [2.05, 4.69) is 31.1 Å². The molecule has 1 aliphatic heterocycles. The van der Waals surface area contributed by atoms with E-state index in [4.69, 9.17) is 4.74 Å². The molecule has 1 fully saturated rings. The number of hydrogen-bond donors (Lipinski definition) is 2. The van der Waals surface area contributed by atoms with Crippen LogP contribution in [0.1, 0.15) is 25.8 Å². The molecule has 2 rings (SSSR count). The van der Waals surface area contributed by atoms with Gasteiger partial charge in [0.15, 0.2) is 0 Å². The van der Waals surface area contributed by atoms with Gasteiger partial charge in [-0.2, -0.15) is 0 Å². The monoisotopic (exact) mass is 292 g/mol. The Bertz CT molecular complexity index is 421. The Labute approximate surface area is 128 Å². The molecular weight excluding hydrogens is 264 g/mol. The highest BCUT2D eigenvalue weighted by molar-refractivity contribution is 5.25. The second kappa shape index (κ2) is 7.78. The fourth-order valence-corrected chi connectivity index (χ4v) is 2.80. The molecular formula is C17H28N2O2. The Morgan fingerprint density at radius 3 is 2.71 bits per heavy atom. The first kappa shape index (κ1) is 16.3. The van der Waals surface area contributed by atoms with Gasteiger partial charge in [0.2, 0.25) is 0 Å². The molecule has 0 aromatic heterocycles. The normalized spacial score (nSPS) is 22.9. The zero-order valence-corrected chi connectivity index (χ0v) is 13.4. The first-order valence-corrected chi connectivity index (χ1v) is 7.88. The van der Waals surface area contributed by atoms with Crippen molar-refractivity contribution < 1.29 is 9.84 Å². The summed E-state index contributed by atoms with van der Waals surface area (Å²) in [6.45, 7) is 7.29. The fraction of sp³-hybridized carbons (Fsp3) is 0.647. The minimum atomic E-state index is 0.278. The van der Waals surface area contributed by atoms with Gasteiger partial charge < -0.3 is 20.1 Å². The maximum absolute atomic E-state index is 9.29. The highest BCUT2D eigenvalue weighted by Crippen LogP contribution is 2.13. The van der Waals surface area contributed by atoms with Gasteiger partial charge in [0.05, 0.1) is 12.7 Å². The number of nitrogens with one attached hydrogen (secondary N) is 1. The molecule has 4 nitrogen and oxygen atoms in total. The summed E-state index contributed by atoms with van der Waals surface area (Å²) in [4.78, 5) is 2.33. The van der Waals surface area contributed by atoms with Crippen LogP contribution in [-0.4, -0.2) is 54.9 Å². The standard InChI is InChI=1S/C17H28N2O2/c1-13(4-5-15-6-8-16(20)9-7-15)18-14(2)17-12-19(3)10-11-21-17/h6-9,13-14,17-18,20H,4-5,10-12H2,1-3H3. The quantitative estimate of drug-likeness (QED) is 0.842. The molecule has 0 aliphatic carbocycles. The molecule has 1 saturated heterocycles. The molecule has 0 saturated carbocycles. The summed E-state index contributed by atoms with van der Waals surface area (Å²) in [6.07, 6.45) is 2.38. The number of benzene rings is 1. The highest BCUT2D eigenvalue weighted by Gasteiger charge is 2.24. The van der Waals surface area contributed by atoms with Gasteiger partial charge in [-0.1, -0.05) is 12.1 Å². The van der Waals surface area contributed by atoms with E-state index in [1.807, 2.05) is 12.1 Å². The Morgan fingerprint density at radius 1 is 1.33 bits per heavy atom. The third-order valence-corrected chi connectivity index (χ3v) is 4.20. The van der Waals surface area contributed by atoms with E-state index >= 15 is 0 Å². The van der Waals surface area contributed by atoms with E-state index < -0.39 is 0 Å². The van der Waals surface area contributed by atoms with Crippen LogP contribution in [0.5, 0.6) is 5.75 Å². The van der Waals surface area contributed by atoms with Crippen LogP contribution in [0.3, 0.4) is 0 Å². The van der Waals surface area contributed by atoms with Crippen LogP contribution in [0.2, 0.25) is 0 Å². The maximum Gasteiger partial charge on any atom is 0.115 e. The molecule has 1 heterocycles. The number of ether oxygens (including phenoxy) is 1. The van der Waals surface area contributed by atoms with Crippen molar-refractivity contribution in [3.8, 4) is 5.75 Å². The summed E-state index contributed by atoms with van der Waals surface area (Å²) in [7, 11) is 2.15.